The van der Waals surface area contributed by atoms with Crippen LogP contribution >= 0.6 is 27.5 Å². The average molecular weight is 355 g/mol. The predicted octanol–water partition coefficient (Wildman–Crippen LogP) is 5.18. The molecule has 2 nitrogen and oxygen atoms in total. The molecule has 0 bridgehead atoms. The molecule has 4 heteroatoms. The van der Waals surface area contributed by atoms with Crippen LogP contribution < -0.4 is 10.1 Å². The van der Waals surface area contributed by atoms with Crippen molar-refractivity contribution in [3.8, 4) is 11.5 Å². The van der Waals surface area contributed by atoms with Crippen molar-refractivity contribution in [2.45, 2.75) is 19.9 Å². The Bertz CT molecular complexity index is 601. The van der Waals surface area contributed by atoms with Gasteiger partial charge in [0.15, 0.2) is 0 Å². The van der Waals surface area contributed by atoms with Gasteiger partial charge >= 0.3 is 0 Å². The lowest BCUT2D eigenvalue weighted by molar-refractivity contribution is 0.473. The van der Waals surface area contributed by atoms with E-state index in [2.05, 4.69) is 28.2 Å². The van der Waals surface area contributed by atoms with E-state index in [1.165, 1.54) is 0 Å². The number of nitrogens with one attached hydrogen (secondary N) is 1. The molecule has 0 aromatic heterocycles. The van der Waals surface area contributed by atoms with Gasteiger partial charge in [0.25, 0.3) is 0 Å². The van der Waals surface area contributed by atoms with E-state index in [1.54, 1.807) is 0 Å². The van der Waals surface area contributed by atoms with Crippen LogP contribution in [0.25, 0.3) is 0 Å². The maximum Gasteiger partial charge on any atom is 0.133 e. The number of aryl methyl sites for hydroxylation is 1. The van der Waals surface area contributed by atoms with Crippen LogP contribution in [0.3, 0.4) is 0 Å². The zero-order valence-electron chi connectivity index (χ0n) is 11.5. The molecular formula is C16H17BrClNO. The first kappa shape index (κ1) is 15.4. The van der Waals surface area contributed by atoms with E-state index in [9.17, 15) is 0 Å². The van der Waals surface area contributed by atoms with Gasteiger partial charge in [0.05, 0.1) is 0 Å². The third kappa shape index (κ3) is 3.75. The fourth-order valence-corrected chi connectivity index (χ4v) is 2.56. The van der Waals surface area contributed by atoms with E-state index in [0.29, 0.717) is 0 Å². The average Bonchev–Trinajstić information content (AvgIpc) is 2.44. The summed E-state index contributed by atoms with van der Waals surface area (Å²) in [6, 6.07) is 11.8. The summed E-state index contributed by atoms with van der Waals surface area (Å²) in [4.78, 5) is 0. The minimum absolute atomic E-state index is 0.761. The summed E-state index contributed by atoms with van der Waals surface area (Å²) in [7, 11) is 1.92. The van der Waals surface area contributed by atoms with E-state index in [-0.39, 0.29) is 0 Å². The summed E-state index contributed by atoms with van der Waals surface area (Å²) >= 11 is 9.61. The Morgan fingerprint density at radius 1 is 1.15 bits per heavy atom. The Labute approximate surface area is 133 Å². The molecule has 0 aliphatic rings. The number of hydrogen-bond acceptors (Lipinski definition) is 2. The van der Waals surface area contributed by atoms with Gasteiger partial charge in [0.1, 0.15) is 11.5 Å². The second-order valence-electron chi connectivity index (χ2n) is 4.49. The molecule has 106 valence electrons. The van der Waals surface area contributed by atoms with Crippen LogP contribution in [0, 0.1) is 0 Å². The second kappa shape index (κ2) is 7.11. The molecule has 1 N–H and O–H groups in total. The van der Waals surface area contributed by atoms with Gasteiger partial charge in [-0.2, -0.15) is 0 Å². The minimum Gasteiger partial charge on any atom is -0.457 e. The van der Waals surface area contributed by atoms with E-state index < -0.39 is 0 Å². The first-order valence-corrected chi connectivity index (χ1v) is 7.70. The number of hydrogen-bond donors (Lipinski definition) is 1. The Kier molecular flexibility index (Phi) is 5.46. The van der Waals surface area contributed by atoms with Crippen molar-refractivity contribution in [2.24, 2.45) is 0 Å². The molecule has 0 aliphatic carbocycles. The standard InChI is InChI=1S/C16H17BrClNO/c1-3-11-8-14(6-7-15(11)18)20-16-9-13(17)5-4-12(16)10-19-2/h4-9,19H,3,10H2,1-2H3. The topological polar surface area (TPSA) is 21.3 Å². The van der Waals surface area contributed by atoms with Crippen LogP contribution in [0.1, 0.15) is 18.1 Å². The van der Waals surface area contributed by atoms with E-state index in [1.807, 2.05) is 43.4 Å². The Morgan fingerprint density at radius 2 is 1.95 bits per heavy atom. The van der Waals surface area contributed by atoms with Gasteiger partial charge in [-0.3, -0.25) is 0 Å². The summed E-state index contributed by atoms with van der Waals surface area (Å²) in [5.41, 5.74) is 2.21. The van der Waals surface area contributed by atoms with E-state index in [0.717, 1.165) is 45.1 Å². The maximum absolute atomic E-state index is 6.13. The molecule has 2 aromatic carbocycles. The van der Waals surface area contributed by atoms with Gasteiger partial charge in [0, 0.05) is 21.6 Å². The van der Waals surface area contributed by atoms with Crippen LogP contribution in [0.4, 0.5) is 0 Å². The Morgan fingerprint density at radius 3 is 2.65 bits per heavy atom. The fourth-order valence-electron chi connectivity index (χ4n) is 1.97. The third-order valence-electron chi connectivity index (χ3n) is 3.02. The van der Waals surface area contributed by atoms with Gasteiger partial charge in [-0.25, -0.2) is 0 Å². The smallest absolute Gasteiger partial charge is 0.133 e. The monoisotopic (exact) mass is 353 g/mol. The highest BCUT2D eigenvalue weighted by Crippen LogP contribution is 2.31. The van der Waals surface area contributed by atoms with Crippen LogP contribution in [0.5, 0.6) is 11.5 Å². The first-order valence-electron chi connectivity index (χ1n) is 6.53. The second-order valence-corrected chi connectivity index (χ2v) is 5.81. The fraction of sp³-hybridized carbons (Fsp3) is 0.250. The maximum atomic E-state index is 6.13. The predicted molar refractivity (Wildman–Crippen MR) is 87.8 cm³/mol. The molecule has 0 radical (unpaired) electrons. The van der Waals surface area contributed by atoms with Gasteiger partial charge < -0.3 is 10.1 Å². The zero-order chi connectivity index (χ0) is 14.5. The molecule has 2 rings (SSSR count). The molecule has 0 unspecified atom stereocenters. The molecule has 0 spiro atoms. The van der Waals surface area contributed by atoms with Crippen LogP contribution in [0.15, 0.2) is 40.9 Å². The molecule has 0 aliphatic heterocycles. The lowest BCUT2D eigenvalue weighted by atomic mass is 10.1. The van der Waals surface area contributed by atoms with Gasteiger partial charge in [0.2, 0.25) is 0 Å². The normalized spacial score (nSPS) is 10.6. The molecule has 0 atom stereocenters. The summed E-state index contributed by atoms with van der Waals surface area (Å²) in [6.45, 7) is 2.84. The van der Waals surface area contributed by atoms with Crippen LogP contribution in [0.2, 0.25) is 5.02 Å². The van der Waals surface area contributed by atoms with Gasteiger partial charge in [-0.1, -0.05) is 40.5 Å². The number of halogens is 2. The lowest BCUT2D eigenvalue weighted by Crippen LogP contribution is -2.06. The number of benzene rings is 2. The van der Waals surface area contributed by atoms with Crippen molar-refractivity contribution >= 4 is 27.5 Å². The molecule has 0 saturated heterocycles. The van der Waals surface area contributed by atoms with E-state index >= 15 is 0 Å². The summed E-state index contributed by atoms with van der Waals surface area (Å²) in [5, 5.41) is 3.93. The van der Waals surface area contributed by atoms with Gasteiger partial charge in [-0.05, 0) is 49.4 Å². The Balaban J connectivity index is 2.31. The van der Waals surface area contributed by atoms with Crippen LogP contribution in [-0.4, -0.2) is 7.05 Å². The molecule has 0 amide bonds. The number of ether oxygens (including phenoxy) is 1. The summed E-state index contributed by atoms with van der Waals surface area (Å²) in [6.07, 6.45) is 0.887. The van der Waals surface area contributed by atoms with E-state index in [4.69, 9.17) is 16.3 Å². The van der Waals surface area contributed by atoms with Crippen molar-refractivity contribution in [2.75, 3.05) is 7.05 Å². The highest BCUT2D eigenvalue weighted by Gasteiger charge is 2.07. The SMILES string of the molecule is CCc1cc(Oc2cc(Br)ccc2CNC)ccc1Cl. The van der Waals surface area contributed by atoms with Gasteiger partial charge in [-0.15, -0.1) is 0 Å². The van der Waals surface area contributed by atoms with Crippen molar-refractivity contribution in [1.29, 1.82) is 0 Å². The summed E-state index contributed by atoms with van der Waals surface area (Å²) in [5.74, 6) is 1.65. The van der Waals surface area contributed by atoms with Crippen molar-refractivity contribution < 1.29 is 4.74 Å². The molecule has 0 saturated carbocycles. The molecule has 0 heterocycles. The molecule has 0 fully saturated rings. The summed E-state index contributed by atoms with van der Waals surface area (Å²) < 4.78 is 7.01. The Hall–Kier alpha value is -1.03. The molecule has 2 aromatic rings. The number of rotatable bonds is 5. The quantitative estimate of drug-likeness (QED) is 0.799. The van der Waals surface area contributed by atoms with Crippen molar-refractivity contribution in [1.82, 2.24) is 5.32 Å². The molecule has 20 heavy (non-hydrogen) atoms. The van der Waals surface area contributed by atoms with Crippen molar-refractivity contribution in [3.05, 3.63) is 57.0 Å². The lowest BCUT2D eigenvalue weighted by Gasteiger charge is -2.13. The highest BCUT2D eigenvalue weighted by atomic mass is 79.9. The van der Waals surface area contributed by atoms with Crippen molar-refractivity contribution in [3.63, 3.8) is 0 Å². The largest absolute Gasteiger partial charge is 0.457 e. The third-order valence-corrected chi connectivity index (χ3v) is 3.88. The minimum atomic E-state index is 0.761. The first-order chi connectivity index (χ1) is 9.63. The highest BCUT2D eigenvalue weighted by molar-refractivity contribution is 9.10. The zero-order valence-corrected chi connectivity index (χ0v) is 13.9. The van der Waals surface area contributed by atoms with Crippen LogP contribution in [-0.2, 0) is 13.0 Å². The molecular weight excluding hydrogens is 338 g/mol.